The Balaban J connectivity index is 1.75. The smallest absolute Gasteiger partial charge is 0.257 e. The van der Waals surface area contributed by atoms with Gasteiger partial charge in [-0.3, -0.25) is 4.79 Å². The third-order valence-corrected chi connectivity index (χ3v) is 5.95. The lowest BCUT2D eigenvalue weighted by molar-refractivity contribution is 0.0781. The Morgan fingerprint density at radius 1 is 1.07 bits per heavy atom. The van der Waals surface area contributed by atoms with Crippen molar-refractivity contribution in [1.29, 1.82) is 0 Å². The van der Waals surface area contributed by atoms with Crippen molar-refractivity contribution in [3.8, 4) is 11.5 Å². The Hall–Kier alpha value is -2.73. The van der Waals surface area contributed by atoms with Gasteiger partial charge in [-0.15, -0.1) is 0 Å². The van der Waals surface area contributed by atoms with Gasteiger partial charge in [-0.1, -0.05) is 19.9 Å². The number of hydrogen-bond donors (Lipinski definition) is 2. The maximum atomic E-state index is 13.0. The number of rotatable bonds is 5. The van der Waals surface area contributed by atoms with Crippen molar-refractivity contribution in [2.75, 3.05) is 45.2 Å². The molecule has 0 saturated carbocycles. The number of aryl methyl sites for hydroxylation is 1. The van der Waals surface area contributed by atoms with Crippen LogP contribution in [0.15, 0.2) is 30.3 Å². The van der Waals surface area contributed by atoms with Crippen LogP contribution < -0.4 is 4.90 Å². The van der Waals surface area contributed by atoms with Crippen LogP contribution in [0, 0.1) is 6.92 Å². The highest BCUT2D eigenvalue weighted by Crippen LogP contribution is 2.33. The molecular formula is C24H33N3O3. The van der Waals surface area contributed by atoms with Crippen molar-refractivity contribution in [2.45, 2.75) is 33.2 Å². The van der Waals surface area contributed by atoms with E-state index in [1.54, 1.807) is 18.0 Å². The third kappa shape index (κ3) is 4.70. The van der Waals surface area contributed by atoms with Crippen LogP contribution in [-0.4, -0.2) is 66.2 Å². The summed E-state index contributed by atoms with van der Waals surface area (Å²) in [6, 6.07) is 9.25. The Labute approximate surface area is 179 Å². The number of amides is 1. The number of phenolic OH excluding ortho intramolecular Hbond substituents is 2. The molecule has 3 rings (SSSR count). The lowest BCUT2D eigenvalue weighted by atomic mass is 9.98. The Morgan fingerprint density at radius 2 is 1.73 bits per heavy atom. The highest BCUT2D eigenvalue weighted by Gasteiger charge is 2.21. The number of piperazine rings is 1. The SMILES string of the molecule is Cc1cc(N2CCN(C)CC2)ccc1CN(C)C(=O)c1cc(C(C)C)c(O)cc1O. The van der Waals surface area contributed by atoms with Gasteiger partial charge in [0, 0.05) is 51.5 Å². The van der Waals surface area contributed by atoms with E-state index >= 15 is 0 Å². The monoisotopic (exact) mass is 411 g/mol. The van der Waals surface area contributed by atoms with Crippen molar-refractivity contribution in [3.63, 3.8) is 0 Å². The van der Waals surface area contributed by atoms with Crippen LogP contribution in [-0.2, 0) is 6.54 Å². The molecule has 1 aliphatic rings. The van der Waals surface area contributed by atoms with Crippen LogP contribution in [0.1, 0.15) is 46.8 Å². The number of likely N-dealkylation sites (N-methyl/N-ethyl adjacent to an activating group) is 1. The van der Waals surface area contributed by atoms with Gasteiger partial charge in [0.05, 0.1) is 5.56 Å². The van der Waals surface area contributed by atoms with E-state index in [1.165, 1.54) is 11.8 Å². The minimum Gasteiger partial charge on any atom is -0.508 e. The summed E-state index contributed by atoms with van der Waals surface area (Å²) in [5, 5.41) is 20.3. The summed E-state index contributed by atoms with van der Waals surface area (Å²) in [4.78, 5) is 19.3. The summed E-state index contributed by atoms with van der Waals surface area (Å²) in [6.45, 7) is 10.6. The highest BCUT2D eigenvalue weighted by atomic mass is 16.3. The van der Waals surface area contributed by atoms with Crippen LogP contribution in [0.25, 0.3) is 0 Å². The molecule has 1 fully saturated rings. The first-order valence-corrected chi connectivity index (χ1v) is 10.5. The minimum absolute atomic E-state index is 0.0112. The van der Waals surface area contributed by atoms with E-state index in [0.29, 0.717) is 12.1 Å². The van der Waals surface area contributed by atoms with Crippen LogP contribution >= 0.6 is 0 Å². The molecule has 162 valence electrons. The lowest BCUT2D eigenvalue weighted by Gasteiger charge is -2.34. The molecule has 1 aliphatic heterocycles. The molecule has 2 N–H and O–H groups in total. The van der Waals surface area contributed by atoms with Gasteiger partial charge in [0.15, 0.2) is 0 Å². The van der Waals surface area contributed by atoms with E-state index < -0.39 is 0 Å². The standard InChI is InChI=1S/C24H33N3O3/c1-16(2)20-13-21(23(29)14-22(20)28)24(30)26(5)15-18-6-7-19(12-17(18)3)27-10-8-25(4)9-11-27/h6-7,12-14,16,28-29H,8-11,15H2,1-5H3. The molecule has 30 heavy (non-hydrogen) atoms. The average Bonchev–Trinajstić information content (AvgIpc) is 2.69. The molecule has 0 aromatic heterocycles. The van der Waals surface area contributed by atoms with Crippen LogP contribution in [0.3, 0.4) is 0 Å². The molecule has 2 aromatic carbocycles. The van der Waals surface area contributed by atoms with Crippen LogP contribution in [0.5, 0.6) is 11.5 Å². The van der Waals surface area contributed by atoms with Crippen molar-refractivity contribution < 1.29 is 15.0 Å². The van der Waals surface area contributed by atoms with E-state index in [-0.39, 0.29) is 28.9 Å². The molecule has 0 bridgehead atoms. The average molecular weight is 412 g/mol. The first-order valence-electron chi connectivity index (χ1n) is 10.5. The fourth-order valence-electron chi connectivity index (χ4n) is 3.88. The third-order valence-electron chi connectivity index (χ3n) is 5.95. The molecule has 0 aliphatic carbocycles. The molecule has 6 heteroatoms. The molecule has 1 saturated heterocycles. The summed E-state index contributed by atoms with van der Waals surface area (Å²) >= 11 is 0. The second kappa shape index (κ2) is 8.96. The van der Waals surface area contributed by atoms with E-state index in [0.717, 1.165) is 37.3 Å². The van der Waals surface area contributed by atoms with E-state index in [9.17, 15) is 15.0 Å². The van der Waals surface area contributed by atoms with Gasteiger partial charge < -0.3 is 24.9 Å². The van der Waals surface area contributed by atoms with E-state index in [2.05, 4.69) is 42.0 Å². The maximum absolute atomic E-state index is 13.0. The van der Waals surface area contributed by atoms with Gasteiger partial charge in [0.2, 0.25) is 0 Å². The predicted molar refractivity (Wildman–Crippen MR) is 121 cm³/mol. The molecule has 1 amide bonds. The number of aromatic hydroxyl groups is 2. The number of phenols is 2. The zero-order valence-corrected chi connectivity index (χ0v) is 18.6. The molecular weight excluding hydrogens is 378 g/mol. The molecule has 0 atom stereocenters. The topological polar surface area (TPSA) is 67.2 Å². The lowest BCUT2D eigenvalue weighted by Crippen LogP contribution is -2.44. The summed E-state index contributed by atoms with van der Waals surface area (Å²) in [5.41, 5.74) is 4.30. The summed E-state index contributed by atoms with van der Waals surface area (Å²) < 4.78 is 0. The van der Waals surface area contributed by atoms with Gasteiger partial charge in [-0.2, -0.15) is 0 Å². The van der Waals surface area contributed by atoms with Gasteiger partial charge >= 0.3 is 0 Å². The second-order valence-corrected chi connectivity index (χ2v) is 8.65. The van der Waals surface area contributed by atoms with Gasteiger partial charge in [-0.05, 0) is 54.8 Å². The van der Waals surface area contributed by atoms with Crippen LogP contribution in [0.2, 0.25) is 0 Å². The van der Waals surface area contributed by atoms with E-state index in [1.807, 2.05) is 13.8 Å². The molecule has 2 aromatic rings. The molecule has 6 nitrogen and oxygen atoms in total. The summed E-state index contributed by atoms with van der Waals surface area (Å²) in [5.74, 6) is -0.406. The van der Waals surface area contributed by atoms with Gasteiger partial charge in [-0.25, -0.2) is 0 Å². The van der Waals surface area contributed by atoms with Crippen molar-refractivity contribution in [1.82, 2.24) is 9.80 Å². The van der Waals surface area contributed by atoms with Crippen LogP contribution in [0.4, 0.5) is 5.69 Å². The highest BCUT2D eigenvalue weighted by molar-refractivity contribution is 5.97. The van der Waals surface area contributed by atoms with Crippen molar-refractivity contribution in [3.05, 3.63) is 52.6 Å². The molecule has 1 heterocycles. The molecule has 0 spiro atoms. The first kappa shape index (κ1) is 22.0. The number of carbonyl (C=O) groups excluding carboxylic acids is 1. The molecule has 0 unspecified atom stereocenters. The van der Waals surface area contributed by atoms with E-state index in [4.69, 9.17) is 0 Å². The Kier molecular flexibility index (Phi) is 6.56. The largest absolute Gasteiger partial charge is 0.508 e. The molecule has 0 radical (unpaired) electrons. The number of benzene rings is 2. The summed E-state index contributed by atoms with van der Waals surface area (Å²) in [6.07, 6.45) is 0. The predicted octanol–water partition coefficient (Wildman–Crippen LogP) is 3.55. The minimum atomic E-state index is -0.267. The maximum Gasteiger partial charge on any atom is 0.257 e. The number of carbonyl (C=O) groups is 1. The van der Waals surface area contributed by atoms with Crippen molar-refractivity contribution >= 4 is 11.6 Å². The fourth-order valence-corrected chi connectivity index (χ4v) is 3.88. The zero-order chi connectivity index (χ0) is 22.0. The normalized spacial score (nSPS) is 14.9. The quantitative estimate of drug-likeness (QED) is 0.788. The Bertz CT molecular complexity index is 918. The van der Waals surface area contributed by atoms with Gasteiger partial charge in [0.25, 0.3) is 5.91 Å². The summed E-state index contributed by atoms with van der Waals surface area (Å²) in [7, 11) is 3.88. The number of anilines is 1. The zero-order valence-electron chi connectivity index (χ0n) is 18.6. The fraction of sp³-hybridized carbons (Fsp3) is 0.458. The number of hydrogen-bond acceptors (Lipinski definition) is 5. The number of nitrogens with zero attached hydrogens (tertiary/aromatic N) is 3. The second-order valence-electron chi connectivity index (χ2n) is 8.65. The Morgan fingerprint density at radius 3 is 2.33 bits per heavy atom. The van der Waals surface area contributed by atoms with Crippen molar-refractivity contribution in [2.24, 2.45) is 0 Å². The van der Waals surface area contributed by atoms with Gasteiger partial charge in [0.1, 0.15) is 11.5 Å². The first-order chi connectivity index (χ1) is 14.2.